The number of ether oxygens (including phenoxy) is 2. The average molecular weight is 280 g/mol. The SMILES string of the molecule is C1CCOC1.CC(C)OC(C)C.Cc1ccccc1C. The van der Waals surface area contributed by atoms with E-state index >= 15 is 0 Å². The molecule has 2 heteroatoms. The maximum absolute atomic E-state index is 5.25. The van der Waals surface area contributed by atoms with Gasteiger partial charge >= 0.3 is 0 Å². The van der Waals surface area contributed by atoms with Crippen LogP contribution in [0.5, 0.6) is 0 Å². The van der Waals surface area contributed by atoms with E-state index in [0.29, 0.717) is 12.2 Å². The minimum atomic E-state index is 0.375. The van der Waals surface area contributed by atoms with Crippen LogP contribution in [0.2, 0.25) is 0 Å². The Balaban J connectivity index is 0.000000278. The topological polar surface area (TPSA) is 18.5 Å². The van der Waals surface area contributed by atoms with Crippen molar-refractivity contribution in [2.75, 3.05) is 13.2 Å². The van der Waals surface area contributed by atoms with E-state index in [2.05, 4.69) is 38.1 Å². The van der Waals surface area contributed by atoms with Gasteiger partial charge in [-0.15, -0.1) is 0 Å². The Morgan fingerprint density at radius 3 is 1.40 bits per heavy atom. The molecule has 0 spiro atoms. The molecular formula is C18H32O2. The van der Waals surface area contributed by atoms with Gasteiger partial charge in [-0.1, -0.05) is 24.3 Å². The van der Waals surface area contributed by atoms with E-state index in [-0.39, 0.29) is 0 Å². The number of hydrogen-bond acceptors (Lipinski definition) is 2. The molecule has 2 rings (SSSR count). The number of hydrogen-bond donors (Lipinski definition) is 0. The Hall–Kier alpha value is -0.860. The molecule has 1 aromatic rings. The van der Waals surface area contributed by atoms with E-state index in [0.717, 1.165) is 13.2 Å². The predicted molar refractivity (Wildman–Crippen MR) is 87.3 cm³/mol. The fourth-order valence-corrected chi connectivity index (χ4v) is 1.72. The van der Waals surface area contributed by atoms with Crippen molar-refractivity contribution in [2.45, 2.75) is 66.6 Å². The summed E-state index contributed by atoms with van der Waals surface area (Å²) in [5, 5.41) is 0. The summed E-state index contributed by atoms with van der Waals surface area (Å²) in [6.07, 6.45) is 3.31. The maximum Gasteiger partial charge on any atom is 0.0522 e. The third kappa shape index (κ3) is 12.2. The van der Waals surface area contributed by atoms with E-state index in [1.807, 2.05) is 27.7 Å². The zero-order valence-corrected chi connectivity index (χ0v) is 14.1. The summed E-state index contributed by atoms with van der Waals surface area (Å²) in [6, 6.07) is 8.36. The van der Waals surface area contributed by atoms with Crippen molar-refractivity contribution < 1.29 is 9.47 Å². The third-order valence-corrected chi connectivity index (χ3v) is 2.80. The first-order chi connectivity index (χ1) is 9.43. The van der Waals surface area contributed by atoms with Gasteiger partial charge in [0, 0.05) is 13.2 Å². The first-order valence-corrected chi connectivity index (χ1v) is 7.69. The Kier molecular flexibility index (Phi) is 11.4. The molecule has 0 atom stereocenters. The van der Waals surface area contributed by atoms with Crippen LogP contribution >= 0.6 is 0 Å². The molecule has 0 saturated carbocycles. The van der Waals surface area contributed by atoms with Crippen LogP contribution in [-0.4, -0.2) is 25.4 Å². The van der Waals surface area contributed by atoms with Crippen molar-refractivity contribution in [3.8, 4) is 0 Å². The minimum absolute atomic E-state index is 0.375. The van der Waals surface area contributed by atoms with Crippen LogP contribution in [0.4, 0.5) is 0 Å². The van der Waals surface area contributed by atoms with Crippen LogP contribution in [0.3, 0.4) is 0 Å². The normalized spacial score (nSPS) is 13.6. The molecule has 0 amide bonds. The second-order valence-corrected chi connectivity index (χ2v) is 5.64. The highest BCUT2D eigenvalue weighted by Crippen LogP contribution is 2.02. The van der Waals surface area contributed by atoms with Crippen molar-refractivity contribution in [1.82, 2.24) is 0 Å². The lowest BCUT2D eigenvalue weighted by atomic mass is 10.1. The lowest BCUT2D eigenvalue weighted by Gasteiger charge is -2.09. The lowest BCUT2D eigenvalue weighted by molar-refractivity contribution is 0.0300. The highest BCUT2D eigenvalue weighted by atomic mass is 16.5. The smallest absolute Gasteiger partial charge is 0.0522 e. The fraction of sp³-hybridized carbons (Fsp3) is 0.667. The van der Waals surface area contributed by atoms with Gasteiger partial charge in [0.1, 0.15) is 0 Å². The summed E-state index contributed by atoms with van der Waals surface area (Å²) < 4.78 is 10.2. The van der Waals surface area contributed by atoms with Gasteiger partial charge in [0.05, 0.1) is 12.2 Å². The highest BCUT2D eigenvalue weighted by Gasteiger charge is 1.95. The summed E-state index contributed by atoms with van der Waals surface area (Å²) in [6.45, 7) is 14.4. The monoisotopic (exact) mass is 280 g/mol. The molecule has 1 fully saturated rings. The molecule has 0 aromatic heterocycles. The van der Waals surface area contributed by atoms with Crippen LogP contribution in [-0.2, 0) is 9.47 Å². The van der Waals surface area contributed by atoms with Gasteiger partial charge in [-0.25, -0.2) is 0 Å². The number of rotatable bonds is 2. The van der Waals surface area contributed by atoms with Crippen LogP contribution in [0, 0.1) is 13.8 Å². The molecule has 20 heavy (non-hydrogen) atoms. The van der Waals surface area contributed by atoms with E-state index in [1.54, 1.807) is 0 Å². The van der Waals surface area contributed by atoms with Gasteiger partial charge in [0.2, 0.25) is 0 Å². The number of benzene rings is 1. The van der Waals surface area contributed by atoms with Gasteiger partial charge in [0.15, 0.2) is 0 Å². The summed E-state index contributed by atoms with van der Waals surface area (Å²) in [5.74, 6) is 0. The summed E-state index contributed by atoms with van der Waals surface area (Å²) >= 11 is 0. The number of aryl methyl sites for hydroxylation is 2. The first-order valence-electron chi connectivity index (χ1n) is 7.69. The minimum Gasteiger partial charge on any atom is -0.381 e. The fourth-order valence-electron chi connectivity index (χ4n) is 1.72. The Morgan fingerprint density at radius 1 is 0.850 bits per heavy atom. The lowest BCUT2D eigenvalue weighted by Crippen LogP contribution is -2.09. The van der Waals surface area contributed by atoms with Gasteiger partial charge in [-0.05, 0) is 65.5 Å². The van der Waals surface area contributed by atoms with Crippen molar-refractivity contribution in [1.29, 1.82) is 0 Å². The Morgan fingerprint density at radius 2 is 1.25 bits per heavy atom. The molecule has 0 radical (unpaired) electrons. The standard InChI is InChI=1S/C8H10.C6H14O.C4H8O/c1-7-5-3-4-6-8(7)2;1-5(2)7-6(3)4;1-2-4-5-3-1/h3-6H,1-2H3;5-6H,1-4H3;1-4H2. The third-order valence-electron chi connectivity index (χ3n) is 2.80. The van der Waals surface area contributed by atoms with Crippen LogP contribution in [0.15, 0.2) is 24.3 Å². The van der Waals surface area contributed by atoms with E-state index < -0.39 is 0 Å². The quantitative estimate of drug-likeness (QED) is 0.765. The Bertz CT molecular complexity index is 293. The largest absolute Gasteiger partial charge is 0.381 e. The van der Waals surface area contributed by atoms with E-state index in [9.17, 15) is 0 Å². The zero-order chi connectivity index (χ0) is 15.4. The Labute approximate surface area is 125 Å². The second-order valence-electron chi connectivity index (χ2n) is 5.64. The van der Waals surface area contributed by atoms with Gasteiger partial charge in [0.25, 0.3) is 0 Å². The molecule has 1 aromatic carbocycles. The van der Waals surface area contributed by atoms with Gasteiger partial charge in [-0.2, -0.15) is 0 Å². The first kappa shape index (κ1) is 19.1. The molecule has 1 saturated heterocycles. The summed E-state index contributed by atoms with van der Waals surface area (Å²) in [4.78, 5) is 0. The van der Waals surface area contributed by atoms with Crippen molar-refractivity contribution in [3.63, 3.8) is 0 Å². The van der Waals surface area contributed by atoms with Crippen LogP contribution in [0.1, 0.15) is 51.7 Å². The van der Waals surface area contributed by atoms with Crippen LogP contribution in [0.25, 0.3) is 0 Å². The molecule has 1 aliphatic heterocycles. The molecule has 1 aliphatic rings. The summed E-state index contributed by atoms with van der Waals surface area (Å²) in [5.41, 5.74) is 2.74. The molecule has 0 aliphatic carbocycles. The zero-order valence-electron chi connectivity index (χ0n) is 14.1. The average Bonchev–Trinajstić information content (AvgIpc) is 2.91. The highest BCUT2D eigenvalue weighted by molar-refractivity contribution is 5.23. The molecule has 0 unspecified atom stereocenters. The van der Waals surface area contributed by atoms with Crippen molar-refractivity contribution in [2.24, 2.45) is 0 Å². The second kappa shape index (κ2) is 11.9. The maximum atomic E-state index is 5.25. The van der Waals surface area contributed by atoms with Gasteiger partial charge < -0.3 is 9.47 Å². The van der Waals surface area contributed by atoms with E-state index in [1.165, 1.54) is 24.0 Å². The molecule has 1 heterocycles. The predicted octanol–water partition coefficient (Wildman–Crippen LogP) is 4.92. The molecule has 116 valence electrons. The summed E-state index contributed by atoms with van der Waals surface area (Å²) in [7, 11) is 0. The molecule has 0 N–H and O–H groups in total. The van der Waals surface area contributed by atoms with E-state index in [4.69, 9.17) is 9.47 Å². The molecule has 0 bridgehead atoms. The van der Waals surface area contributed by atoms with Crippen molar-refractivity contribution in [3.05, 3.63) is 35.4 Å². The molecule has 2 nitrogen and oxygen atoms in total. The van der Waals surface area contributed by atoms with Gasteiger partial charge in [-0.3, -0.25) is 0 Å². The molecular weight excluding hydrogens is 248 g/mol. The van der Waals surface area contributed by atoms with Crippen molar-refractivity contribution >= 4 is 0 Å². The van der Waals surface area contributed by atoms with Crippen LogP contribution < -0.4 is 0 Å².